The first-order valence-corrected chi connectivity index (χ1v) is 12.9. The van der Waals surface area contributed by atoms with E-state index in [0.29, 0.717) is 36.5 Å². The Hall–Kier alpha value is -3.27. The molecule has 190 valence electrons. The summed E-state index contributed by atoms with van der Waals surface area (Å²) in [6.45, 7) is 4.26. The van der Waals surface area contributed by atoms with Crippen LogP contribution in [0.3, 0.4) is 0 Å². The smallest absolute Gasteiger partial charge is 0.363 e. The molecule has 10 heteroatoms. The fraction of sp³-hybridized carbons (Fsp3) is 0.577. The van der Waals surface area contributed by atoms with Crippen LogP contribution in [0.4, 0.5) is 17.3 Å². The van der Waals surface area contributed by atoms with E-state index < -0.39 is 10.5 Å². The number of aliphatic hydroxyl groups is 1. The van der Waals surface area contributed by atoms with Gasteiger partial charge >= 0.3 is 5.82 Å². The summed E-state index contributed by atoms with van der Waals surface area (Å²) in [4.78, 5) is 36.6. The third kappa shape index (κ3) is 4.17. The van der Waals surface area contributed by atoms with Gasteiger partial charge in [-0.25, -0.2) is 4.98 Å². The van der Waals surface area contributed by atoms with Crippen molar-refractivity contribution in [2.24, 2.45) is 17.8 Å². The lowest BCUT2D eigenvalue weighted by atomic mass is 9.52. The van der Waals surface area contributed by atoms with E-state index in [9.17, 15) is 20.0 Å². The zero-order chi connectivity index (χ0) is 25.0. The molecule has 4 bridgehead atoms. The molecule has 1 saturated heterocycles. The quantitative estimate of drug-likeness (QED) is 0.482. The normalized spacial score (nSPS) is 33.0. The Morgan fingerprint density at radius 1 is 1.17 bits per heavy atom. The zero-order valence-electron chi connectivity index (χ0n) is 20.4. The number of hydrogen-bond acceptors (Lipinski definition) is 8. The number of rotatable bonds is 5. The van der Waals surface area contributed by atoms with Gasteiger partial charge in [-0.2, -0.15) is 0 Å². The summed E-state index contributed by atoms with van der Waals surface area (Å²) in [6, 6.07) is 9.01. The summed E-state index contributed by atoms with van der Waals surface area (Å²) in [5, 5.41) is 25.0. The number of nitro groups is 1. The Kier molecular flexibility index (Phi) is 5.59. The number of piperazine rings is 1. The summed E-state index contributed by atoms with van der Waals surface area (Å²) in [6.07, 6.45) is 6.27. The van der Waals surface area contributed by atoms with Crippen LogP contribution in [0.2, 0.25) is 0 Å². The molecule has 3 atom stereocenters. The van der Waals surface area contributed by atoms with Crippen molar-refractivity contribution in [3.8, 4) is 0 Å². The first-order chi connectivity index (χ1) is 17.3. The van der Waals surface area contributed by atoms with Gasteiger partial charge in [0.05, 0.1) is 11.3 Å². The van der Waals surface area contributed by atoms with Crippen molar-refractivity contribution in [2.75, 3.05) is 29.4 Å². The Balaban J connectivity index is 1.11. The molecular weight excluding hydrogens is 460 g/mol. The second-order valence-electron chi connectivity index (χ2n) is 11.2. The highest BCUT2D eigenvalue weighted by Crippen LogP contribution is 2.55. The van der Waals surface area contributed by atoms with Gasteiger partial charge in [0.15, 0.2) is 6.20 Å². The third-order valence-electron chi connectivity index (χ3n) is 8.71. The predicted octanol–water partition coefficient (Wildman–Crippen LogP) is 2.77. The molecule has 2 aromatic heterocycles. The average Bonchev–Trinajstić information content (AvgIpc) is 2.85. The number of aromatic nitrogens is 2. The highest BCUT2D eigenvalue weighted by atomic mass is 16.6. The minimum Gasteiger partial charge on any atom is -0.390 e. The first-order valence-electron chi connectivity index (χ1n) is 12.9. The molecular formula is C26H32N6O4. The summed E-state index contributed by atoms with van der Waals surface area (Å²) in [5.74, 6) is 1.80. The molecule has 36 heavy (non-hydrogen) atoms. The SMILES string of the molecule is C[C@@H]1CN(c2ccc([N+](=O)[O-])nc2)CCN1c1cccc(C(=O)NC2C3CC4CC2CC(O)(C4)C3)n1. The number of pyridine rings is 2. The molecule has 0 spiro atoms. The van der Waals surface area contributed by atoms with Crippen LogP contribution in [0.15, 0.2) is 36.5 Å². The molecule has 10 nitrogen and oxygen atoms in total. The molecule has 2 unspecified atom stereocenters. The topological polar surface area (TPSA) is 125 Å². The maximum Gasteiger partial charge on any atom is 0.363 e. The second kappa shape index (κ2) is 8.69. The molecule has 3 heterocycles. The Bertz CT molecular complexity index is 1160. The third-order valence-corrected chi connectivity index (χ3v) is 8.71. The number of carbonyl (C=O) groups excluding carboxylic acids is 1. The zero-order valence-corrected chi connectivity index (χ0v) is 20.4. The monoisotopic (exact) mass is 492 g/mol. The van der Waals surface area contributed by atoms with Crippen molar-refractivity contribution in [2.45, 2.75) is 56.7 Å². The Morgan fingerprint density at radius 2 is 1.94 bits per heavy atom. The van der Waals surface area contributed by atoms with Crippen LogP contribution in [0.5, 0.6) is 0 Å². The number of carbonyl (C=O) groups is 1. The summed E-state index contributed by atoms with van der Waals surface area (Å²) < 4.78 is 0. The standard InChI is InChI=1S/C26H32N6O4/c1-16-15-30(20-5-6-22(27-14-20)32(35)36)7-8-31(16)23-4-2-3-21(28-23)25(33)29-24-18-9-17-10-19(24)13-26(34,11-17)12-18/h2-6,14,16-19,24,34H,7-13,15H2,1H3,(H,29,33)/t16-,17?,18?,19?,24?,26?/m1/s1. The number of nitrogens with one attached hydrogen (secondary N) is 1. The van der Waals surface area contributed by atoms with E-state index in [4.69, 9.17) is 4.98 Å². The molecule has 0 aromatic carbocycles. The van der Waals surface area contributed by atoms with Gasteiger partial charge < -0.3 is 30.3 Å². The summed E-state index contributed by atoms with van der Waals surface area (Å²) in [7, 11) is 0. The van der Waals surface area contributed by atoms with E-state index in [1.165, 1.54) is 6.07 Å². The van der Waals surface area contributed by atoms with Crippen molar-refractivity contribution in [3.63, 3.8) is 0 Å². The lowest BCUT2D eigenvalue weighted by Crippen LogP contribution is -2.61. The molecule has 7 rings (SSSR count). The number of hydrogen-bond donors (Lipinski definition) is 2. The molecule has 5 aliphatic rings. The van der Waals surface area contributed by atoms with Gasteiger partial charge in [0.25, 0.3) is 5.91 Å². The van der Waals surface area contributed by atoms with Crippen molar-refractivity contribution in [1.82, 2.24) is 15.3 Å². The van der Waals surface area contributed by atoms with E-state index in [-0.39, 0.29) is 23.8 Å². The minimum absolute atomic E-state index is 0.123. The fourth-order valence-corrected chi connectivity index (χ4v) is 7.36. The highest BCUT2D eigenvalue weighted by molar-refractivity contribution is 5.93. The van der Waals surface area contributed by atoms with Gasteiger partial charge in [-0.3, -0.25) is 4.79 Å². The van der Waals surface area contributed by atoms with Crippen LogP contribution in [-0.4, -0.2) is 63.2 Å². The Labute approximate surface area is 209 Å². The second-order valence-corrected chi connectivity index (χ2v) is 11.2. The Morgan fingerprint density at radius 3 is 2.58 bits per heavy atom. The largest absolute Gasteiger partial charge is 0.390 e. The highest BCUT2D eigenvalue weighted by Gasteiger charge is 2.55. The first kappa shape index (κ1) is 23.1. The van der Waals surface area contributed by atoms with Crippen molar-refractivity contribution in [3.05, 3.63) is 52.3 Å². The van der Waals surface area contributed by atoms with Gasteiger partial charge in [0.2, 0.25) is 0 Å². The van der Waals surface area contributed by atoms with E-state index >= 15 is 0 Å². The van der Waals surface area contributed by atoms with Gasteiger partial charge in [-0.05, 0) is 84.9 Å². The molecule has 1 aliphatic heterocycles. The van der Waals surface area contributed by atoms with E-state index in [1.807, 2.05) is 12.1 Å². The molecule has 4 aliphatic carbocycles. The van der Waals surface area contributed by atoms with Gasteiger partial charge in [0.1, 0.15) is 11.5 Å². The van der Waals surface area contributed by atoms with Crippen LogP contribution >= 0.6 is 0 Å². The number of anilines is 2. The van der Waals surface area contributed by atoms with E-state index in [0.717, 1.165) is 50.2 Å². The fourth-order valence-electron chi connectivity index (χ4n) is 7.36. The maximum atomic E-state index is 13.2. The van der Waals surface area contributed by atoms with Crippen LogP contribution in [0.1, 0.15) is 49.5 Å². The van der Waals surface area contributed by atoms with Crippen LogP contribution in [0.25, 0.3) is 0 Å². The molecule has 2 aromatic rings. The van der Waals surface area contributed by atoms with Crippen LogP contribution in [-0.2, 0) is 0 Å². The summed E-state index contributed by atoms with van der Waals surface area (Å²) >= 11 is 0. The lowest BCUT2D eigenvalue weighted by Gasteiger charge is -2.58. The molecule has 4 saturated carbocycles. The number of amides is 1. The molecule has 2 N–H and O–H groups in total. The van der Waals surface area contributed by atoms with Crippen LogP contribution < -0.4 is 15.1 Å². The van der Waals surface area contributed by atoms with Gasteiger partial charge in [-0.15, -0.1) is 0 Å². The summed E-state index contributed by atoms with van der Waals surface area (Å²) in [5.41, 5.74) is 0.765. The molecule has 5 fully saturated rings. The molecule has 0 radical (unpaired) electrons. The van der Waals surface area contributed by atoms with Gasteiger partial charge in [-0.1, -0.05) is 6.07 Å². The molecule has 1 amide bonds. The van der Waals surface area contributed by atoms with E-state index in [2.05, 4.69) is 27.0 Å². The van der Waals surface area contributed by atoms with Crippen molar-refractivity contribution < 1.29 is 14.8 Å². The van der Waals surface area contributed by atoms with Crippen LogP contribution in [0, 0.1) is 27.9 Å². The van der Waals surface area contributed by atoms with E-state index in [1.54, 1.807) is 18.3 Å². The minimum atomic E-state index is -0.515. The van der Waals surface area contributed by atoms with Crippen molar-refractivity contribution >= 4 is 23.2 Å². The lowest BCUT2D eigenvalue weighted by molar-refractivity contribution is -0.389. The van der Waals surface area contributed by atoms with Crippen molar-refractivity contribution in [1.29, 1.82) is 0 Å². The van der Waals surface area contributed by atoms with Gasteiger partial charge in [0, 0.05) is 37.8 Å². The predicted molar refractivity (Wildman–Crippen MR) is 134 cm³/mol. The number of nitrogens with zero attached hydrogens (tertiary/aromatic N) is 5. The maximum absolute atomic E-state index is 13.2. The average molecular weight is 493 g/mol.